The van der Waals surface area contributed by atoms with Crippen LogP contribution in [0.5, 0.6) is 0 Å². The van der Waals surface area contributed by atoms with Crippen molar-refractivity contribution in [1.29, 1.82) is 0 Å². The first kappa shape index (κ1) is 27.2. The molecule has 0 aliphatic carbocycles. The van der Waals surface area contributed by atoms with Crippen molar-refractivity contribution >= 4 is 27.0 Å². The molecule has 211 valence electrons. The van der Waals surface area contributed by atoms with Crippen LogP contribution in [0.25, 0.3) is 10.8 Å². The normalized spacial score (nSPS) is 22.6. The van der Waals surface area contributed by atoms with E-state index in [9.17, 15) is 21.6 Å². The molecule has 3 aliphatic rings. The second-order valence-corrected chi connectivity index (χ2v) is 12.6. The highest BCUT2D eigenvalue weighted by Crippen LogP contribution is 2.38. The minimum atomic E-state index is -4.62. The van der Waals surface area contributed by atoms with Gasteiger partial charge in [-0.25, -0.2) is 8.42 Å². The Morgan fingerprint density at radius 2 is 1.62 bits per heavy atom. The molecule has 11 heteroatoms. The molecule has 3 aliphatic heterocycles. The van der Waals surface area contributed by atoms with Gasteiger partial charge in [-0.2, -0.15) is 17.5 Å². The Labute approximate surface area is 231 Å². The summed E-state index contributed by atoms with van der Waals surface area (Å²) in [4.78, 5) is 10.2. The monoisotopic (exact) mass is 571 g/mol. The van der Waals surface area contributed by atoms with Crippen LogP contribution in [0.2, 0.25) is 0 Å². The van der Waals surface area contributed by atoms with Crippen molar-refractivity contribution in [3.63, 3.8) is 0 Å². The van der Waals surface area contributed by atoms with Gasteiger partial charge in [0.15, 0.2) is 5.60 Å². The van der Waals surface area contributed by atoms with Gasteiger partial charge in [0.25, 0.3) is 0 Å². The van der Waals surface area contributed by atoms with Crippen LogP contribution in [0.4, 0.5) is 13.2 Å². The number of sulfonamides is 1. The molecule has 1 unspecified atom stereocenters. The molecule has 2 saturated heterocycles. The molecular formula is C29H30F3N4O3S. The quantitative estimate of drug-likeness (QED) is 0.453. The fourth-order valence-electron chi connectivity index (χ4n) is 5.98. The molecule has 0 amide bonds. The highest BCUT2D eigenvalue weighted by Gasteiger charge is 2.51. The molecule has 1 spiro atoms. The van der Waals surface area contributed by atoms with Crippen molar-refractivity contribution in [2.24, 2.45) is 5.16 Å². The molecule has 2 fully saturated rings. The van der Waals surface area contributed by atoms with Gasteiger partial charge in [-0.3, -0.25) is 9.80 Å². The Bertz CT molecular complexity index is 1510. The van der Waals surface area contributed by atoms with Crippen LogP contribution >= 0.6 is 0 Å². The summed E-state index contributed by atoms with van der Waals surface area (Å²) in [5.41, 5.74) is -0.403. The number of hydrogen-bond donors (Lipinski definition) is 0. The summed E-state index contributed by atoms with van der Waals surface area (Å²) < 4.78 is 67.1. The number of benzene rings is 3. The summed E-state index contributed by atoms with van der Waals surface area (Å²) in [5, 5.41) is 6.48. The van der Waals surface area contributed by atoms with Crippen LogP contribution in [0.1, 0.15) is 24.0 Å². The maximum Gasteiger partial charge on any atom is 0.416 e. The van der Waals surface area contributed by atoms with Crippen LogP contribution in [-0.4, -0.2) is 79.6 Å². The van der Waals surface area contributed by atoms with Crippen molar-refractivity contribution in [2.75, 3.05) is 39.3 Å². The number of rotatable bonds is 5. The third-order valence-electron chi connectivity index (χ3n) is 8.26. The van der Waals surface area contributed by atoms with Gasteiger partial charge < -0.3 is 4.84 Å². The maximum absolute atomic E-state index is 13.2. The van der Waals surface area contributed by atoms with E-state index in [1.807, 2.05) is 12.1 Å². The standard InChI is InChI=1S/C29H30F3N4O3S/c30-29(31,32)25-6-3-7-26(19-25)40(37,38)36-12-10-28(11-13-36)27(20-33-39-28)35-16-14-34(15-17-35)21-22-8-9-23-4-1-2-5-24(23)18-22/h1-9,18-19,27H,10-17,21H2. The van der Waals surface area contributed by atoms with Gasteiger partial charge in [-0.1, -0.05) is 47.6 Å². The summed E-state index contributed by atoms with van der Waals surface area (Å²) in [7, 11) is -4.08. The Kier molecular flexibility index (Phi) is 7.10. The van der Waals surface area contributed by atoms with Crippen LogP contribution < -0.4 is 0 Å². The number of fused-ring (bicyclic) bond motifs is 1. The predicted molar refractivity (Wildman–Crippen MR) is 145 cm³/mol. The molecule has 1 radical (unpaired) electrons. The number of hydrogen-bond acceptors (Lipinski definition) is 6. The molecule has 7 nitrogen and oxygen atoms in total. The summed E-state index contributed by atoms with van der Waals surface area (Å²) in [6, 6.07) is 18.6. The summed E-state index contributed by atoms with van der Waals surface area (Å²) in [5.74, 6) is 0. The van der Waals surface area contributed by atoms with E-state index in [-0.39, 0.29) is 24.0 Å². The lowest BCUT2D eigenvalue weighted by atomic mass is 9.84. The van der Waals surface area contributed by atoms with E-state index in [0.29, 0.717) is 18.9 Å². The minimum Gasteiger partial charge on any atom is -0.387 e. The second-order valence-electron chi connectivity index (χ2n) is 10.7. The molecule has 3 aromatic rings. The molecular weight excluding hydrogens is 541 g/mol. The summed E-state index contributed by atoms with van der Waals surface area (Å²) in [6.07, 6.45) is -0.761. The number of piperidine rings is 1. The van der Waals surface area contributed by atoms with Gasteiger partial charge in [0.05, 0.1) is 10.5 Å². The van der Waals surface area contributed by atoms with Gasteiger partial charge in [-0.15, -0.1) is 0 Å². The van der Waals surface area contributed by atoms with E-state index < -0.39 is 27.4 Å². The molecule has 0 aromatic heterocycles. The Balaban J connectivity index is 1.07. The Morgan fingerprint density at radius 1 is 0.900 bits per heavy atom. The number of halogens is 3. The lowest BCUT2D eigenvalue weighted by molar-refractivity contribution is -0.137. The van der Waals surface area contributed by atoms with Crippen molar-refractivity contribution < 1.29 is 26.4 Å². The van der Waals surface area contributed by atoms with E-state index in [2.05, 4.69) is 51.5 Å². The minimum absolute atomic E-state index is 0.133. The molecule has 0 bridgehead atoms. The third kappa shape index (κ3) is 5.23. The largest absolute Gasteiger partial charge is 0.416 e. The van der Waals surface area contributed by atoms with E-state index in [4.69, 9.17) is 4.84 Å². The zero-order chi connectivity index (χ0) is 28.0. The van der Waals surface area contributed by atoms with Gasteiger partial charge >= 0.3 is 6.18 Å². The van der Waals surface area contributed by atoms with Crippen molar-refractivity contribution in [2.45, 2.75) is 42.1 Å². The average Bonchev–Trinajstić information content (AvgIpc) is 3.36. The topological polar surface area (TPSA) is 65.5 Å². The first-order chi connectivity index (χ1) is 19.1. The number of nitrogens with zero attached hydrogens (tertiary/aromatic N) is 4. The van der Waals surface area contributed by atoms with E-state index in [1.165, 1.54) is 26.7 Å². The second kappa shape index (κ2) is 10.4. The van der Waals surface area contributed by atoms with Crippen LogP contribution in [0, 0.1) is 0 Å². The van der Waals surface area contributed by atoms with Crippen LogP contribution in [-0.2, 0) is 27.6 Å². The zero-order valence-corrected chi connectivity index (χ0v) is 22.7. The smallest absolute Gasteiger partial charge is 0.387 e. The molecule has 6 rings (SSSR count). The zero-order valence-electron chi connectivity index (χ0n) is 21.8. The Hall–Kier alpha value is -2.99. The lowest BCUT2D eigenvalue weighted by Gasteiger charge is -2.45. The Morgan fingerprint density at radius 3 is 2.35 bits per heavy atom. The predicted octanol–water partition coefficient (Wildman–Crippen LogP) is 4.46. The molecule has 3 heterocycles. The lowest BCUT2D eigenvalue weighted by Crippen LogP contribution is -2.60. The summed E-state index contributed by atoms with van der Waals surface area (Å²) >= 11 is 0. The molecule has 0 N–H and O–H groups in total. The summed E-state index contributed by atoms with van der Waals surface area (Å²) in [6.45, 7) is 4.48. The first-order valence-corrected chi connectivity index (χ1v) is 14.8. The maximum atomic E-state index is 13.2. The van der Waals surface area contributed by atoms with E-state index in [0.717, 1.165) is 44.9 Å². The first-order valence-electron chi connectivity index (χ1n) is 13.4. The van der Waals surface area contributed by atoms with E-state index >= 15 is 0 Å². The van der Waals surface area contributed by atoms with Gasteiger partial charge in [0, 0.05) is 58.7 Å². The SMILES string of the molecule is O=S(=O)(c1cccc(C(F)(F)F)c1)N1CCC2(CC1)ON=[C]C2N1CCN(Cc2ccc3ccccc3c2)CC1. The molecule has 1 atom stereocenters. The molecule has 0 saturated carbocycles. The third-order valence-corrected chi connectivity index (χ3v) is 10.2. The molecule has 3 aromatic carbocycles. The number of piperazine rings is 1. The van der Waals surface area contributed by atoms with Crippen molar-refractivity contribution in [3.8, 4) is 0 Å². The van der Waals surface area contributed by atoms with Crippen molar-refractivity contribution in [1.82, 2.24) is 14.1 Å². The van der Waals surface area contributed by atoms with Crippen LogP contribution in [0.15, 0.2) is 76.8 Å². The van der Waals surface area contributed by atoms with Crippen molar-refractivity contribution in [3.05, 3.63) is 77.9 Å². The van der Waals surface area contributed by atoms with Crippen LogP contribution in [0.3, 0.4) is 0 Å². The average molecular weight is 572 g/mol. The van der Waals surface area contributed by atoms with Gasteiger partial charge in [0.2, 0.25) is 10.0 Å². The molecule has 40 heavy (non-hydrogen) atoms. The fraction of sp³-hybridized carbons (Fsp3) is 0.414. The van der Waals surface area contributed by atoms with Gasteiger partial charge in [0.1, 0.15) is 12.3 Å². The number of alkyl halides is 3. The van der Waals surface area contributed by atoms with E-state index in [1.54, 1.807) is 0 Å². The highest BCUT2D eigenvalue weighted by molar-refractivity contribution is 7.89. The fourth-order valence-corrected chi connectivity index (χ4v) is 7.46. The highest BCUT2D eigenvalue weighted by atomic mass is 32.2. The van der Waals surface area contributed by atoms with Gasteiger partial charge in [-0.05, 0) is 40.6 Å².